The second-order valence-electron chi connectivity index (χ2n) is 13.5. The van der Waals surface area contributed by atoms with Crippen LogP contribution in [0.3, 0.4) is 0 Å². The summed E-state index contributed by atoms with van der Waals surface area (Å²) in [6, 6.07) is 6.10. The number of fused-ring (bicyclic) bond motifs is 3. The molecule has 6 heterocycles. The normalized spacial score (nSPS) is 24.2. The molecule has 4 fully saturated rings. The Labute approximate surface area is 277 Å². The Kier molecular flexibility index (Phi) is 7.63. The van der Waals surface area contributed by atoms with Gasteiger partial charge in [0.15, 0.2) is 5.75 Å². The minimum absolute atomic E-state index is 0.0437. The summed E-state index contributed by atoms with van der Waals surface area (Å²) in [4.78, 5) is 33.6. The van der Waals surface area contributed by atoms with Gasteiger partial charge in [-0.1, -0.05) is 12.6 Å². The van der Waals surface area contributed by atoms with Crippen molar-refractivity contribution >= 4 is 33.5 Å². The lowest BCUT2D eigenvalue weighted by Crippen LogP contribution is -2.55. The van der Waals surface area contributed by atoms with E-state index in [1.165, 1.54) is 6.08 Å². The fourth-order valence-electron chi connectivity index (χ4n) is 7.80. The molecule has 12 nitrogen and oxygen atoms in total. The first-order chi connectivity index (χ1) is 23.4. The highest BCUT2D eigenvalue weighted by molar-refractivity contribution is 6.02. The molecule has 8 rings (SSSR count). The molecule has 3 aliphatic heterocycles. The van der Waals surface area contributed by atoms with Gasteiger partial charge in [-0.2, -0.15) is 20.3 Å². The van der Waals surface area contributed by atoms with Crippen molar-refractivity contribution in [1.82, 2.24) is 34.9 Å². The smallest absolute Gasteiger partial charge is 0.319 e. The lowest BCUT2D eigenvalue weighted by molar-refractivity contribution is -0.128. The summed E-state index contributed by atoms with van der Waals surface area (Å²) in [5.74, 6) is 0.946. The maximum absolute atomic E-state index is 14.6. The molecule has 3 atom stereocenters. The van der Waals surface area contributed by atoms with Gasteiger partial charge in [-0.15, -0.1) is 0 Å². The van der Waals surface area contributed by atoms with Gasteiger partial charge in [0.2, 0.25) is 5.91 Å². The van der Waals surface area contributed by atoms with Crippen molar-refractivity contribution in [3.8, 4) is 29.1 Å². The second kappa shape index (κ2) is 12.0. The number of ether oxygens (including phenoxy) is 2. The Morgan fingerprint density at radius 3 is 2.90 bits per heavy atom. The van der Waals surface area contributed by atoms with Crippen LogP contribution < -0.4 is 14.4 Å². The lowest BCUT2D eigenvalue weighted by atomic mass is 9.95. The molecule has 1 saturated carbocycles. The molecular weight excluding hydrogens is 613 g/mol. The number of aromatic nitrogens is 5. The van der Waals surface area contributed by atoms with Crippen molar-refractivity contribution in [2.75, 3.05) is 44.2 Å². The van der Waals surface area contributed by atoms with E-state index in [9.17, 15) is 14.4 Å². The monoisotopic (exact) mass is 651 g/mol. The molecule has 1 aromatic carbocycles. The third-order valence-corrected chi connectivity index (χ3v) is 10.3. The summed E-state index contributed by atoms with van der Waals surface area (Å²) in [6.45, 7) is 8.51. The molecular formula is C35H38FN9O3. The van der Waals surface area contributed by atoms with Gasteiger partial charge in [-0.05, 0) is 56.9 Å². The molecule has 4 aromatic rings. The first-order valence-electron chi connectivity index (χ1n) is 16.7. The van der Waals surface area contributed by atoms with Crippen molar-refractivity contribution in [2.45, 2.75) is 69.3 Å². The number of amides is 1. The number of alkyl halides is 1. The minimum Gasteiger partial charge on any atom is -0.486 e. The number of aromatic amines is 1. The highest BCUT2D eigenvalue weighted by Crippen LogP contribution is 2.45. The van der Waals surface area contributed by atoms with Crippen LogP contribution in [0.4, 0.5) is 10.2 Å². The molecule has 1 aliphatic carbocycles. The predicted molar refractivity (Wildman–Crippen MR) is 177 cm³/mol. The van der Waals surface area contributed by atoms with Gasteiger partial charge in [0, 0.05) is 49.7 Å². The van der Waals surface area contributed by atoms with Gasteiger partial charge < -0.3 is 19.3 Å². The molecule has 3 saturated heterocycles. The average Bonchev–Trinajstić information content (AvgIpc) is 3.48. The Morgan fingerprint density at radius 1 is 1.21 bits per heavy atom. The standard InChI is InChI=1S/C35H38FN9O3/c1-3-28(46)45-14-13-43(19-23(45)9-11-37)33-26-16-38-31(29-21(2)5-8-27-25(29)17-39-42-27)32(48-24-6-7-24)30(26)40-34(41-33)47-20-35-10-4-12-44(35)18-22(36)15-35/h3,5,8,16-17,22-24H,1,4,6-7,9-10,12-15,18-20H2,2H3,(H,39,42)/t22-,23+,35+/m1/s1. The van der Waals surface area contributed by atoms with E-state index in [1.54, 1.807) is 17.3 Å². The van der Waals surface area contributed by atoms with E-state index < -0.39 is 6.17 Å². The Hall–Kier alpha value is -4.83. The summed E-state index contributed by atoms with van der Waals surface area (Å²) >= 11 is 0. The molecule has 0 spiro atoms. The number of carbonyl (C=O) groups excluding carboxylic acids is 1. The van der Waals surface area contributed by atoms with Crippen LogP contribution in [0, 0.1) is 18.3 Å². The van der Waals surface area contributed by atoms with E-state index in [1.807, 2.05) is 19.1 Å². The maximum Gasteiger partial charge on any atom is 0.319 e. The van der Waals surface area contributed by atoms with Crippen molar-refractivity contribution < 1.29 is 18.7 Å². The maximum atomic E-state index is 14.6. The zero-order valence-corrected chi connectivity index (χ0v) is 27.0. The number of rotatable bonds is 9. The Morgan fingerprint density at radius 2 is 2.08 bits per heavy atom. The summed E-state index contributed by atoms with van der Waals surface area (Å²) < 4.78 is 27.7. The van der Waals surface area contributed by atoms with Crippen LogP contribution in [-0.2, 0) is 4.79 Å². The zero-order valence-electron chi connectivity index (χ0n) is 27.0. The topological polar surface area (TPSA) is 136 Å². The lowest BCUT2D eigenvalue weighted by Gasteiger charge is -2.41. The van der Waals surface area contributed by atoms with Crippen LogP contribution >= 0.6 is 0 Å². The SMILES string of the molecule is C=CC(=O)N1CCN(c2nc(OC[C@@]34CCCN3C[C@H](F)C4)nc3c(OC4CC4)c(-c4c(C)ccc5[nH]ncc45)ncc23)C[C@@H]1CC#N. The first-order valence-corrected chi connectivity index (χ1v) is 16.7. The number of piperazine rings is 1. The molecule has 0 radical (unpaired) electrons. The fraction of sp³-hybridized carbons (Fsp3) is 0.486. The number of carbonyl (C=O) groups is 1. The summed E-state index contributed by atoms with van der Waals surface area (Å²) in [5, 5.41) is 18.6. The van der Waals surface area contributed by atoms with Crippen LogP contribution in [0.1, 0.15) is 44.1 Å². The highest BCUT2D eigenvalue weighted by Gasteiger charge is 2.49. The van der Waals surface area contributed by atoms with Crippen LogP contribution in [0.2, 0.25) is 0 Å². The summed E-state index contributed by atoms with van der Waals surface area (Å²) in [6.07, 6.45) is 8.37. The van der Waals surface area contributed by atoms with E-state index in [4.69, 9.17) is 24.4 Å². The molecule has 4 aliphatic rings. The van der Waals surface area contributed by atoms with Gasteiger partial charge >= 0.3 is 6.01 Å². The van der Waals surface area contributed by atoms with Crippen LogP contribution in [0.15, 0.2) is 37.2 Å². The number of nitrogens with zero attached hydrogens (tertiary/aromatic N) is 8. The van der Waals surface area contributed by atoms with Crippen molar-refractivity contribution in [3.05, 3.63) is 42.7 Å². The van der Waals surface area contributed by atoms with E-state index in [-0.39, 0.29) is 42.6 Å². The van der Waals surface area contributed by atoms with E-state index in [2.05, 4.69) is 32.6 Å². The number of nitriles is 1. The molecule has 1 N–H and O–H groups in total. The van der Waals surface area contributed by atoms with Crippen LogP contribution in [0.25, 0.3) is 33.1 Å². The molecule has 13 heteroatoms. The van der Waals surface area contributed by atoms with E-state index >= 15 is 0 Å². The number of hydrogen-bond acceptors (Lipinski definition) is 10. The number of benzene rings is 1. The largest absolute Gasteiger partial charge is 0.486 e. The number of aryl methyl sites for hydroxylation is 1. The highest BCUT2D eigenvalue weighted by atomic mass is 19.1. The third-order valence-electron chi connectivity index (χ3n) is 10.3. The van der Waals surface area contributed by atoms with Crippen LogP contribution in [0.5, 0.6) is 11.8 Å². The van der Waals surface area contributed by atoms with Gasteiger partial charge in [-0.3, -0.25) is 19.8 Å². The Balaban J connectivity index is 1.27. The molecule has 0 bridgehead atoms. The number of hydrogen-bond donors (Lipinski definition) is 1. The fourth-order valence-corrected chi connectivity index (χ4v) is 7.80. The van der Waals surface area contributed by atoms with Crippen molar-refractivity contribution in [3.63, 3.8) is 0 Å². The quantitative estimate of drug-likeness (QED) is 0.258. The predicted octanol–water partition coefficient (Wildman–Crippen LogP) is 4.49. The third kappa shape index (κ3) is 5.28. The molecule has 248 valence electrons. The number of anilines is 1. The van der Waals surface area contributed by atoms with Gasteiger partial charge in [0.1, 0.15) is 29.8 Å². The molecule has 48 heavy (non-hydrogen) atoms. The number of nitrogens with one attached hydrogen (secondary N) is 1. The molecule has 0 unspecified atom stereocenters. The van der Waals surface area contributed by atoms with E-state index in [0.29, 0.717) is 60.8 Å². The van der Waals surface area contributed by atoms with Crippen LogP contribution in [-0.4, -0.2) is 104 Å². The van der Waals surface area contributed by atoms with E-state index in [0.717, 1.165) is 54.3 Å². The average molecular weight is 652 g/mol. The van der Waals surface area contributed by atoms with Crippen molar-refractivity contribution in [1.29, 1.82) is 5.26 Å². The van der Waals surface area contributed by atoms with Gasteiger partial charge in [0.25, 0.3) is 0 Å². The Bertz CT molecular complexity index is 1960. The first kappa shape index (κ1) is 30.5. The molecule has 1 amide bonds. The summed E-state index contributed by atoms with van der Waals surface area (Å²) in [5.41, 5.74) is 3.68. The van der Waals surface area contributed by atoms with Gasteiger partial charge in [0.05, 0.1) is 47.3 Å². The number of halogens is 1. The van der Waals surface area contributed by atoms with Crippen molar-refractivity contribution in [2.24, 2.45) is 0 Å². The van der Waals surface area contributed by atoms with Gasteiger partial charge in [-0.25, -0.2) is 4.39 Å². The number of H-pyrrole nitrogens is 1. The molecule has 3 aromatic heterocycles. The minimum atomic E-state index is -0.880. The summed E-state index contributed by atoms with van der Waals surface area (Å²) in [7, 11) is 0. The zero-order chi connectivity index (χ0) is 33.0. The number of pyridine rings is 1. The second-order valence-corrected chi connectivity index (χ2v) is 13.5.